The zero-order valence-corrected chi connectivity index (χ0v) is 18.9. The third-order valence-corrected chi connectivity index (χ3v) is 7.06. The molecule has 0 radical (unpaired) electrons. The standard InChI is InChI=1S/C19H20BrF2N7OS/c20-12-9-14(26-5-7-28(8-6-26)19(30)27-3-1-2-4-27)13-11-23-29(15(13)10-12)18-25-24-17(31-18)16(21)22/h9-11,16H,1-8H2. The van der Waals surface area contributed by atoms with Crippen LogP contribution >= 0.6 is 27.3 Å². The molecule has 164 valence electrons. The van der Waals surface area contributed by atoms with Crippen molar-refractivity contribution in [2.75, 3.05) is 44.2 Å². The molecule has 1 aromatic carbocycles. The van der Waals surface area contributed by atoms with E-state index in [1.165, 1.54) is 0 Å². The fourth-order valence-electron chi connectivity index (χ4n) is 4.14. The second kappa shape index (κ2) is 8.30. The van der Waals surface area contributed by atoms with Crippen LogP contribution in [0.5, 0.6) is 0 Å². The van der Waals surface area contributed by atoms with Crippen LogP contribution in [0.1, 0.15) is 24.3 Å². The summed E-state index contributed by atoms with van der Waals surface area (Å²) in [5.74, 6) is 0. The Bertz CT molecular complexity index is 1110. The van der Waals surface area contributed by atoms with Crippen LogP contribution in [0.2, 0.25) is 0 Å². The number of piperazine rings is 1. The highest BCUT2D eigenvalue weighted by Crippen LogP contribution is 2.34. The first-order valence-electron chi connectivity index (χ1n) is 10.1. The van der Waals surface area contributed by atoms with Crippen LogP contribution in [0.4, 0.5) is 19.3 Å². The maximum atomic E-state index is 12.9. The smallest absolute Gasteiger partial charge is 0.320 e. The van der Waals surface area contributed by atoms with Crippen molar-refractivity contribution in [3.05, 3.63) is 27.8 Å². The number of carbonyl (C=O) groups excluding carboxylic acids is 1. The largest absolute Gasteiger partial charge is 0.367 e. The van der Waals surface area contributed by atoms with Crippen molar-refractivity contribution < 1.29 is 13.6 Å². The number of alkyl halides is 2. The van der Waals surface area contributed by atoms with Crippen LogP contribution in [0, 0.1) is 0 Å². The molecule has 2 fully saturated rings. The number of likely N-dealkylation sites (tertiary alicyclic amines) is 1. The highest BCUT2D eigenvalue weighted by Gasteiger charge is 2.28. The summed E-state index contributed by atoms with van der Waals surface area (Å²) in [6.45, 7) is 4.44. The van der Waals surface area contributed by atoms with E-state index in [1.54, 1.807) is 10.9 Å². The molecular weight excluding hydrogens is 492 g/mol. The predicted octanol–water partition coefficient (Wildman–Crippen LogP) is 3.91. The van der Waals surface area contributed by atoms with Gasteiger partial charge in [0.1, 0.15) is 0 Å². The number of hydrogen-bond donors (Lipinski definition) is 0. The summed E-state index contributed by atoms with van der Waals surface area (Å²) in [7, 11) is 0. The molecule has 0 N–H and O–H groups in total. The molecule has 31 heavy (non-hydrogen) atoms. The van der Waals surface area contributed by atoms with E-state index >= 15 is 0 Å². The molecule has 12 heteroatoms. The van der Waals surface area contributed by atoms with Gasteiger partial charge >= 0.3 is 6.03 Å². The van der Waals surface area contributed by atoms with Crippen LogP contribution in [0.15, 0.2) is 22.8 Å². The second-order valence-corrected chi connectivity index (χ2v) is 9.49. The van der Waals surface area contributed by atoms with E-state index < -0.39 is 6.43 Å². The molecule has 0 atom stereocenters. The van der Waals surface area contributed by atoms with Gasteiger partial charge in [0.05, 0.1) is 11.7 Å². The molecule has 8 nitrogen and oxygen atoms in total. The number of aromatic nitrogens is 4. The second-order valence-electron chi connectivity index (χ2n) is 7.59. The van der Waals surface area contributed by atoms with Gasteiger partial charge in [0.25, 0.3) is 6.43 Å². The molecule has 0 saturated carbocycles. The lowest BCUT2D eigenvalue weighted by molar-refractivity contribution is 0.150. The Morgan fingerprint density at radius 1 is 1.03 bits per heavy atom. The van der Waals surface area contributed by atoms with Gasteiger partial charge in [0, 0.05) is 54.8 Å². The summed E-state index contributed by atoms with van der Waals surface area (Å²) >= 11 is 4.38. The summed E-state index contributed by atoms with van der Waals surface area (Å²) in [6.07, 6.45) is 1.23. The van der Waals surface area contributed by atoms with E-state index in [9.17, 15) is 13.6 Å². The number of nitrogens with zero attached hydrogens (tertiary/aromatic N) is 7. The molecule has 2 aliphatic heterocycles. The van der Waals surface area contributed by atoms with Gasteiger partial charge < -0.3 is 14.7 Å². The maximum absolute atomic E-state index is 12.9. The Balaban J connectivity index is 1.39. The number of amides is 2. The van der Waals surface area contributed by atoms with Crippen molar-refractivity contribution in [1.29, 1.82) is 0 Å². The van der Waals surface area contributed by atoms with Crippen molar-refractivity contribution >= 4 is 49.9 Å². The number of urea groups is 1. The zero-order valence-electron chi connectivity index (χ0n) is 16.5. The number of benzene rings is 1. The summed E-state index contributed by atoms with van der Waals surface area (Å²) in [4.78, 5) is 18.8. The Hall–Kier alpha value is -2.34. The van der Waals surface area contributed by atoms with Crippen molar-refractivity contribution in [1.82, 2.24) is 29.8 Å². The molecule has 2 saturated heterocycles. The molecule has 0 spiro atoms. The molecule has 0 unspecified atom stereocenters. The van der Waals surface area contributed by atoms with Crippen molar-refractivity contribution in [3.63, 3.8) is 0 Å². The van der Waals surface area contributed by atoms with Crippen molar-refractivity contribution in [3.8, 4) is 5.13 Å². The topological polar surface area (TPSA) is 70.4 Å². The number of fused-ring (bicyclic) bond motifs is 1. The zero-order chi connectivity index (χ0) is 21.5. The van der Waals surface area contributed by atoms with Crippen LogP contribution in [0.25, 0.3) is 16.0 Å². The molecule has 2 amide bonds. The van der Waals surface area contributed by atoms with Gasteiger partial charge in [-0.2, -0.15) is 5.10 Å². The lowest BCUT2D eigenvalue weighted by Crippen LogP contribution is -2.52. The van der Waals surface area contributed by atoms with Crippen LogP contribution in [-0.4, -0.2) is 75.1 Å². The normalized spacial score (nSPS) is 17.4. The fourth-order valence-corrected chi connectivity index (χ4v) is 5.24. The van der Waals surface area contributed by atoms with Gasteiger partial charge in [-0.05, 0) is 25.0 Å². The number of anilines is 1. The van der Waals surface area contributed by atoms with Crippen LogP contribution < -0.4 is 4.90 Å². The fraction of sp³-hybridized carbons (Fsp3) is 0.474. The number of rotatable bonds is 3. The summed E-state index contributed by atoms with van der Waals surface area (Å²) in [5, 5.41) is 12.7. The van der Waals surface area contributed by atoms with E-state index in [4.69, 9.17) is 0 Å². The van der Waals surface area contributed by atoms with Gasteiger partial charge in [0.2, 0.25) is 5.13 Å². The molecule has 2 aromatic heterocycles. The summed E-state index contributed by atoms with van der Waals surface area (Å²) in [6, 6.07) is 4.05. The lowest BCUT2D eigenvalue weighted by atomic mass is 10.2. The first-order chi connectivity index (χ1) is 15.0. The van der Waals surface area contributed by atoms with Gasteiger partial charge in [-0.3, -0.25) is 0 Å². The highest BCUT2D eigenvalue weighted by atomic mass is 79.9. The average Bonchev–Trinajstić information content (AvgIpc) is 3.52. The third kappa shape index (κ3) is 3.86. The SMILES string of the molecule is O=C(N1CCCC1)N1CCN(c2cc(Br)cc3c2cnn3-c2nnc(C(F)F)s2)CC1. The van der Waals surface area contributed by atoms with Gasteiger partial charge in [0.15, 0.2) is 5.01 Å². The van der Waals surface area contributed by atoms with Gasteiger partial charge in [-0.25, -0.2) is 18.3 Å². The number of hydrogen-bond acceptors (Lipinski definition) is 6. The summed E-state index contributed by atoms with van der Waals surface area (Å²) in [5.41, 5.74) is 1.75. The molecule has 0 aliphatic carbocycles. The molecule has 0 bridgehead atoms. The number of carbonyl (C=O) groups is 1. The van der Waals surface area contributed by atoms with E-state index in [0.29, 0.717) is 31.3 Å². The predicted molar refractivity (Wildman–Crippen MR) is 117 cm³/mol. The molecule has 5 rings (SSSR count). The van der Waals surface area contributed by atoms with E-state index in [0.717, 1.165) is 58.3 Å². The highest BCUT2D eigenvalue weighted by molar-refractivity contribution is 9.10. The Morgan fingerprint density at radius 2 is 1.74 bits per heavy atom. The monoisotopic (exact) mass is 511 g/mol. The lowest BCUT2D eigenvalue weighted by Gasteiger charge is -2.38. The first kappa shape index (κ1) is 20.6. The molecule has 4 heterocycles. The van der Waals surface area contributed by atoms with Gasteiger partial charge in [-0.15, -0.1) is 10.2 Å². The van der Waals surface area contributed by atoms with E-state index in [-0.39, 0.29) is 11.0 Å². The van der Waals surface area contributed by atoms with Crippen LogP contribution in [0.3, 0.4) is 0 Å². The summed E-state index contributed by atoms with van der Waals surface area (Å²) < 4.78 is 28.2. The Morgan fingerprint density at radius 3 is 2.42 bits per heavy atom. The minimum absolute atomic E-state index is 0.135. The average molecular weight is 512 g/mol. The molecular formula is C19H20BrF2N7OS. The van der Waals surface area contributed by atoms with Gasteiger partial charge in [-0.1, -0.05) is 27.3 Å². The molecule has 2 aliphatic rings. The first-order valence-corrected chi connectivity index (χ1v) is 11.7. The Kier molecular flexibility index (Phi) is 5.51. The Labute approximate surface area is 189 Å². The minimum atomic E-state index is -2.66. The quantitative estimate of drug-likeness (QED) is 0.533. The molecule has 3 aromatic rings. The van der Waals surface area contributed by atoms with Crippen LogP contribution in [-0.2, 0) is 0 Å². The minimum Gasteiger partial charge on any atom is -0.367 e. The van der Waals surface area contributed by atoms with E-state index in [1.807, 2.05) is 21.9 Å². The third-order valence-electron chi connectivity index (χ3n) is 5.70. The number of halogens is 3. The van der Waals surface area contributed by atoms with Crippen molar-refractivity contribution in [2.45, 2.75) is 19.3 Å². The van der Waals surface area contributed by atoms with Crippen molar-refractivity contribution in [2.24, 2.45) is 0 Å². The maximum Gasteiger partial charge on any atom is 0.320 e. The van der Waals surface area contributed by atoms with E-state index in [2.05, 4.69) is 36.1 Å².